The number of carbonyl (C=O) groups excluding carboxylic acids is 2. The highest BCUT2D eigenvalue weighted by molar-refractivity contribution is 9.09. The van der Waals surface area contributed by atoms with E-state index >= 15 is 0 Å². The Kier molecular flexibility index (Phi) is 7.10. The molecule has 5 heteroatoms. The van der Waals surface area contributed by atoms with Crippen LogP contribution in [-0.2, 0) is 19.1 Å². The van der Waals surface area contributed by atoms with E-state index in [1.165, 1.54) is 6.08 Å². The van der Waals surface area contributed by atoms with Gasteiger partial charge in [-0.25, -0.2) is 9.59 Å². The number of hydrogen-bond acceptors (Lipinski definition) is 4. The highest BCUT2D eigenvalue weighted by Gasteiger charge is 2.19. The molecule has 4 nitrogen and oxygen atoms in total. The van der Waals surface area contributed by atoms with Gasteiger partial charge in [-0.2, -0.15) is 0 Å². The zero-order valence-electron chi connectivity index (χ0n) is 8.21. The summed E-state index contributed by atoms with van der Waals surface area (Å²) in [6.07, 6.45) is 1.43. The number of rotatable bonds is 5. The lowest BCUT2D eigenvalue weighted by atomic mass is 10.2. The molecule has 0 unspecified atom stereocenters. The highest BCUT2D eigenvalue weighted by atomic mass is 79.9. The van der Waals surface area contributed by atoms with E-state index in [-0.39, 0.29) is 18.8 Å². The lowest BCUT2D eigenvalue weighted by Crippen LogP contribution is -2.18. The first-order valence-electron chi connectivity index (χ1n) is 4.27. The fraction of sp³-hybridized carbons (Fsp3) is 0.556. The average Bonchev–Trinajstić information content (AvgIpc) is 2.14. The van der Waals surface area contributed by atoms with Gasteiger partial charge in [0.05, 0.1) is 13.2 Å². The molecule has 0 bridgehead atoms. The summed E-state index contributed by atoms with van der Waals surface area (Å²) in [5.41, 5.74) is -0.0643. The Labute approximate surface area is 91.4 Å². The van der Waals surface area contributed by atoms with E-state index in [0.29, 0.717) is 5.33 Å². The van der Waals surface area contributed by atoms with Crippen LogP contribution >= 0.6 is 15.9 Å². The monoisotopic (exact) mass is 264 g/mol. The van der Waals surface area contributed by atoms with Crippen molar-refractivity contribution in [2.45, 2.75) is 13.8 Å². The van der Waals surface area contributed by atoms with Gasteiger partial charge >= 0.3 is 11.9 Å². The molecule has 0 aromatic heterocycles. The average molecular weight is 265 g/mol. The topological polar surface area (TPSA) is 52.6 Å². The number of carbonyl (C=O) groups is 2. The maximum atomic E-state index is 11.2. The van der Waals surface area contributed by atoms with Crippen LogP contribution in [0, 0.1) is 0 Å². The molecule has 0 aliphatic carbocycles. The lowest BCUT2D eigenvalue weighted by molar-refractivity contribution is -0.146. The van der Waals surface area contributed by atoms with E-state index in [4.69, 9.17) is 9.47 Å². The Morgan fingerprint density at radius 2 is 1.57 bits per heavy atom. The van der Waals surface area contributed by atoms with Crippen molar-refractivity contribution in [3.8, 4) is 0 Å². The molecule has 80 valence electrons. The van der Waals surface area contributed by atoms with E-state index in [9.17, 15) is 9.59 Å². The van der Waals surface area contributed by atoms with Crippen LogP contribution in [0.3, 0.4) is 0 Å². The molecule has 14 heavy (non-hydrogen) atoms. The minimum absolute atomic E-state index is 0.0643. The largest absolute Gasteiger partial charge is 0.462 e. The van der Waals surface area contributed by atoms with Gasteiger partial charge in [0.1, 0.15) is 5.57 Å². The fourth-order valence-electron chi connectivity index (χ4n) is 0.745. The second-order valence-corrected chi connectivity index (χ2v) is 2.86. The number of halogens is 1. The molecule has 0 radical (unpaired) electrons. The minimum atomic E-state index is -0.648. The number of alkyl halides is 1. The number of ether oxygens (including phenoxy) is 2. The van der Waals surface area contributed by atoms with Crippen molar-refractivity contribution in [2.75, 3.05) is 18.5 Å². The second kappa shape index (κ2) is 7.55. The summed E-state index contributed by atoms with van der Waals surface area (Å²) >= 11 is 3.10. The molecule has 0 rings (SSSR count). The van der Waals surface area contributed by atoms with Crippen LogP contribution in [0.25, 0.3) is 0 Å². The Morgan fingerprint density at radius 3 is 1.86 bits per heavy atom. The van der Waals surface area contributed by atoms with Gasteiger partial charge in [-0.05, 0) is 13.8 Å². The molecule has 0 aromatic carbocycles. The molecule has 0 saturated heterocycles. The molecule has 0 heterocycles. The zero-order valence-corrected chi connectivity index (χ0v) is 9.80. The number of hydrogen-bond donors (Lipinski definition) is 0. The SMILES string of the molecule is CCOC(=O)C(=CCBr)C(=O)OCC. The van der Waals surface area contributed by atoms with Crippen molar-refractivity contribution in [1.29, 1.82) is 0 Å². The van der Waals surface area contributed by atoms with Crippen molar-refractivity contribution in [1.82, 2.24) is 0 Å². The van der Waals surface area contributed by atoms with Gasteiger partial charge in [-0.3, -0.25) is 0 Å². The third-order valence-electron chi connectivity index (χ3n) is 1.27. The first kappa shape index (κ1) is 13.2. The third-order valence-corrected chi connectivity index (χ3v) is 1.60. The summed E-state index contributed by atoms with van der Waals surface area (Å²) in [4.78, 5) is 22.5. The molecule has 0 aliphatic heterocycles. The second-order valence-electron chi connectivity index (χ2n) is 2.21. The van der Waals surface area contributed by atoms with Crippen LogP contribution < -0.4 is 0 Å². The van der Waals surface area contributed by atoms with Crippen LogP contribution in [-0.4, -0.2) is 30.5 Å². The van der Waals surface area contributed by atoms with Gasteiger partial charge in [-0.1, -0.05) is 22.0 Å². The normalized spacial score (nSPS) is 9.07. The standard InChI is InChI=1S/C9H13BrO4/c1-3-13-8(11)7(5-6-10)9(12)14-4-2/h5H,3-4,6H2,1-2H3. The van der Waals surface area contributed by atoms with Crippen molar-refractivity contribution < 1.29 is 19.1 Å². The molecule has 0 fully saturated rings. The Hall–Kier alpha value is -0.840. The molecule has 0 spiro atoms. The van der Waals surface area contributed by atoms with Crippen LogP contribution in [0.15, 0.2) is 11.6 Å². The minimum Gasteiger partial charge on any atom is -0.462 e. The molecule has 0 N–H and O–H groups in total. The molecular formula is C9H13BrO4. The fourth-order valence-corrected chi connectivity index (χ4v) is 1.07. The van der Waals surface area contributed by atoms with E-state index in [1.807, 2.05) is 0 Å². The van der Waals surface area contributed by atoms with E-state index in [0.717, 1.165) is 0 Å². The van der Waals surface area contributed by atoms with Crippen LogP contribution in [0.4, 0.5) is 0 Å². The Morgan fingerprint density at radius 1 is 1.14 bits per heavy atom. The summed E-state index contributed by atoms with van der Waals surface area (Å²) in [6, 6.07) is 0. The van der Waals surface area contributed by atoms with E-state index in [1.54, 1.807) is 13.8 Å². The Bertz CT molecular complexity index is 215. The van der Waals surface area contributed by atoms with Crippen molar-refractivity contribution in [2.24, 2.45) is 0 Å². The number of esters is 2. The summed E-state index contributed by atoms with van der Waals surface area (Å²) in [5, 5.41) is 0.403. The van der Waals surface area contributed by atoms with Crippen molar-refractivity contribution in [3.05, 3.63) is 11.6 Å². The van der Waals surface area contributed by atoms with Crippen LogP contribution in [0.5, 0.6) is 0 Å². The predicted octanol–water partition coefficient (Wildman–Crippen LogP) is 1.43. The van der Waals surface area contributed by atoms with Gasteiger partial charge in [-0.15, -0.1) is 0 Å². The molecule has 0 atom stereocenters. The van der Waals surface area contributed by atoms with Gasteiger partial charge in [0.25, 0.3) is 0 Å². The summed E-state index contributed by atoms with van der Waals surface area (Å²) < 4.78 is 9.39. The number of allylic oxidation sites excluding steroid dienone is 1. The molecule has 0 amide bonds. The zero-order chi connectivity index (χ0) is 11.0. The van der Waals surface area contributed by atoms with E-state index < -0.39 is 11.9 Å². The van der Waals surface area contributed by atoms with Gasteiger partial charge in [0, 0.05) is 5.33 Å². The lowest BCUT2D eigenvalue weighted by Gasteiger charge is -2.05. The van der Waals surface area contributed by atoms with Crippen LogP contribution in [0.2, 0.25) is 0 Å². The van der Waals surface area contributed by atoms with Gasteiger partial charge in [0.15, 0.2) is 0 Å². The summed E-state index contributed by atoms with van der Waals surface area (Å²) in [5.74, 6) is -1.30. The first-order valence-corrected chi connectivity index (χ1v) is 5.39. The molecule has 0 aliphatic rings. The van der Waals surface area contributed by atoms with E-state index in [2.05, 4.69) is 15.9 Å². The van der Waals surface area contributed by atoms with Crippen molar-refractivity contribution in [3.63, 3.8) is 0 Å². The maximum absolute atomic E-state index is 11.2. The maximum Gasteiger partial charge on any atom is 0.345 e. The van der Waals surface area contributed by atoms with Gasteiger partial charge < -0.3 is 9.47 Å². The Balaban J connectivity index is 4.51. The summed E-state index contributed by atoms with van der Waals surface area (Å²) in [6.45, 7) is 3.82. The third kappa shape index (κ3) is 4.41. The summed E-state index contributed by atoms with van der Waals surface area (Å²) in [7, 11) is 0. The first-order chi connectivity index (χ1) is 6.67. The van der Waals surface area contributed by atoms with Crippen LogP contribution in [0.1, 0.15) is 13.8 Å². The predicted molar refractivity (Wildman–Crippen MR) is 55.1 cm³/mol. The van der Waals surface area contributed by atoms with Crippen molar-refractivity contribution >= 4 is 27.9 Å². The molecular weight excluding hydrogens is 252 g/mol. The molecule has 0 aromatic rings. The smallest absolute Gasteiger partial charge is 0.345 e. The highest BCUT2D eigenvalue weighted by Crippen LogP contribution is 2.03. The quantitative estimate of drug-likeness (QED) is 0.248. The van der Waals surface area contributed by atoms with Gasteiger partial charge in [0.2, 0.25) is 0 Å². The molecule has 0 saturated carbocycles.